The summed E-state index contributed by atoms with van der Waals surface area (Å²) in [6.07, 6.45) is 78.3. The Morgan fingerprint density at radius 2 is 0.724 bits per heavy atom. The molecular formula is C67H130N2O6P+. The smallest absolute Gasteiger partial charge is 0.387 e. The number of allylic oxidation sites excluding steroid dienone is 7. The molecule has 0 spiro atoms. The number of amides is 1. The molecule has 9 heteroatoms. The lowest BCUT2D eigenvalue weighted by Gasteiger charge is -2.25. The van der Waals surface area contributed by atoms with Gasteiger partial charge in [0.2, 0.25) is 5.91 Å². The highest BCUT2D eigenvalue weighted by Gasteiger charge is 2.28. The highest BCUT2D eigenvalue weighted by atomic mass is 31.2. The number of aliphatic hydroxyl groups is 1. The Morgan fingerprint density at radius 3 is 1.05 bits per heavy atom. The molecule has 0 fully saturated rings. The number of unbranched alkanes of at least 4 members (excludes halogenated alkanes) is 42. The van der Waals surface area contributed by atoms with Crippen LogP contribution in [0.5, 0.6) is 0 Å². The Hall–Kier alpha value is -1.54. The second kappa shape index (κ2) is 58.1. The number of hydrogen-bond acceptors (Lipinski definition) is 5. The second-order valence-electron chi connectivity index (χ2n) is 23.8. The van der Waals surface area contributed by atoms with Crippen LogP contribution in [0.4, 0.5) is 0 Å². The minimum atomic E-state index is -4.36. The first-order chi connectivity index (χ1) is 37.0. The van der Waals surface area contributed by atoms with Gasteiger partial charge in [-0.2, -0.15) is 0 Å². The highest BCUT2D eigenvalue weighted by molar-refractivity contribution is 7.47. The zero-order valence-electron chi connectivity index (χ0n) is 51.3. The molecule has 8 nitrogen and oxygen atoms in total. The van der Waals surface area contributed by atoms with E-state index in [1.54, 1.807) is 6.08 Å². The lowest BCUT2D eigenvalue weighted by molar-refractivity contribution is -0.870. The summed E-state index contributed by atoms with van der Waals surface area (Å²) in [6.45, 7) is 4.82. The number of aliphatic hydroxyl groups excluding tert-OH is 1. The normalized spacial score (nSPS) is 14.0. The molecule has 0 radical (unpaired) electrons. The maximum absolute atomic E-state index is 13.0. The molecule has 0 bridgehead atoms. The summed E-state index contributed by atoms with van der Waals surface area (Å²) in [5, 5.41) is 13.9. The van der Waals surface area contributed by atoms with Crippen LogP contribution in [0.3, 0.4) is 0 Å². The van der Waals surface area contributed by atoms with Crippen molar-refractivity contribution in [1.82, 2.24) is 5.32 Å². The number of phosphoric acid groups is 1. The number of hydrogen-bond donors (Lipinski definition) is 3. The number of nitrogens with zero attached hydrogens (tertiary/aromatic N) is 1. The minimum absolute atomic E-state index is 0.0544. The van der Waals surface area contributed by atoms with E-state index in [1.165, 1.54) is 257 Å². The lowest BCUT2D eigenvalue weighted by atomic mass is 10.0. The molecule has 3 N–H and O–H groups in total. The predicted octanol–water partition coefficient (Wildman–Crippen LogP) is 20.7. The molecule has 76 heavy (non-hydrogen) atoms. The SMILES string of the molecule is CCCCCCCCCC/C=C\CCCCCCCCCCCCCCCCCCCCCCCCCC(=O)NC(COP(=O)(O)OCC[N+](C)(C)C)C(O)/C=C/CC/C=C/CC/C=C/CCCCCCCCCCC. The molecule has 0 heterocycles. The monoisotopic (exact) mass is 1090 g/mol. The Balaban J connectivity index is 4.03. The molecule has 0 rings (SSSR count). The van der Waals surface area contributed by atoms with Crippen molar-refractivity contribution in [3.63, 3.8) is 0 Å². The van der Waals surface area contributed by atoms with Crippen molar-refractivity contribution in [1.29, 1.82) is 0 Å². The second-order valence-corrected chi connectivity index (χ2v) is 25.3. The van der Waals surface area contributed by atoms with Gasteiger partial charge in [0.25, 0.3) is 0 Å². The maximum atomic E-state index is 13.0. The van der Waals surface area contributed by atoms with Crippen molar-refractivity contribution in [2.75, 3.05) is 40.9 Å². The van der Waals surface area contributed by atoms with Crippen molar-refractivity contribution in [3.05, 3.63) is 48.6 Å². The predicted molar refractivity (Wildman–Crippen MR) is 332 cm³/mol. The Labute approximate surface area is 473 Å². The summed E-state index contributed by atoms with van der Waals surface area (Å²) in [4.78, 5) is 23.3. The molecule has 0 aliphatic rings. The van der Waals surface area contributed by atoms with Crippen molar-refractivity contribution < 1.29 is 32.9 Å². The molecule has 0 aliphatic heterocycles. The standard InChI is InChI=1S/C67H129N2O6P/c1-6-8-10-12-14-16-18-20-22-24-26-27-28-29-30-31-32-33-34-35-36-37-38-39-40-41-43-45-47-49-51-53-55-57-59-61-67(71)68-65(64-75-76(72,73)74-63-62-69(3,4)5)66(70)60-58-56-54-52-50-48-46-44-42-25-23-21-19-17-15-13-11-9-7-2/h24,26,42,44,50,52,58,60,65-66,70H,6-23,25,27-41,43,45-49,51,53-57,59,61-64H2,1-5H3,(H-,68,71,72,73)/p+1/b26-24-,44-42+,52-50+,60-58+. The summed E-state index contributed by atoms with van der Waals surface area (Å²) in [5.74, 6) is -0.186. The van der Waals surface area contributed by atoms with Gasteiger partial charge in [-0.3, -0.25) is 13.8 Å². The van der Waals surface area contributed by atoms with Gasteiger partial charge in [-0.25, -0.2) is 4.57 Å². The van der Waals surface area contributed by atoms with Gasteiger partial charge in [-0.1, -0.05) is 294 Å². The molecule has 0 saturated heterocycles. The van der Waals surface area contributed by atoms with Crippen LogP contribution in [0.2, 0.25) is 0 Å². The number of carbonyl (C=O) groups is 1. The quantitative estimate of drug-likeness (QED) is 0.0243. The number of phosphoric ester groups is 1. The number of likely N-dealkylation sites (N-methyl/N-ethyl adjacent to an activating group) is 1. The first-order valence-corrected chi connectivity index (χ1v) is 34.5. The molecule has 3 atom stereocenters. The van der Waals surface area contributed by atoms with Gasteiger partial charge in [0.1, 0.15) is 13.2 Å². The molecule has 0 aromatic carbocycles. The van der Waals surface area contributed by atoms with Crippen molar-refractivity contribution in [2.24, 2.45) is 0 Å². The van der Waals surface area contributed by atoms with Crippen LogP contribution in [0.1, 0.15) is 322 Å². The third kappa shape index (κ3) is 60.1. The largest absolute Gasteiger partial charge is 0.472 e. The van der Waals surface area contributed by atoms with E-state index in [0.29, 0.717) is 17.4 Å². The fourth-order valence-electron chi connectivity index (χ4n) is 9.84. The van der Waals surface area contributed by atoms with E-state index in [9.17, 15) is 19.4 Å². The highest BCUT2D eigenvalue weighted by Crippen LogP contribution is 2.43. The molecule has 3 unspecified atom stereocenters. The maximum Gasteiger partial charge on any atom is 0.472 e. The zero-order valence-corrected chi connectivity index (χ0v) is 52.2. The lowest BCUT2D eigenvalue weighted by Crippen LogP contribution is -2.45. The van der Waals surface area contributed by atoms with Gasteiger partial charge in [0.05, 0.1) is 39.9 Å². The van der Waals surface area contributed by atoms with Crippen molar-refractivity contribution >= 4 is 13.7 Å². The van der Waals surface area contributed by atoms with E-state index in [-0.39, 0.29) is 19.1 Å². The van der Waals surface area contributed by atoms with E-state index in [1.807, 2.05) is 27.2 Å². The van der Waals surface area contributed by atoms with Crippen LogP contribution < -0.4 is 5.32 Å². The average molecular weight is 1090 g/mol. The number of nitrogens with one attached hydrogen (secondary N) is 1. The number of rotatable bonds is 61. The van der Waals surface area contributed by atoms with Gasteiger partial charge in [0.15, 0.2) is 0 Å². The summed E-state index contributed by atoms with van der Waals surface area (Å²) < 4.78 is 23.7. The molecule has 1 amide bonds. The Bertz CT molecular complexity index is 1380. The summed E-state index contributed by atoms with van der Waals surface area (Å²) in [6, 6.07) is -0.870. The third-order valence-electron chi connectivity index (χ3n) is 15.0. The van der Waals surface area contributed by atoms with Crippen molar-refractivity contribution in [3.8, 4) is 0 Å². The van der Waals surface area contributed by atoms with Gasteiger partial charge in [0, 0.05) is 6.42 Å². The van der Waals surface area contributed by atoms with E-state index >= 15 is 0 Å². The summed E-state index contributed by atoms with van der Waals surface area (Å²) in [7, 11) is 1.56. The first-order valence-electron chi connectivity index (χ1n) is 33.0. The van der Waals surface area contributed by atoms with Gasteiger partial charge < -0.3 is 19.8 Å². The minimum Gasteiger partial charge on any atom is -0.387 e. The van der Waals surface area contributed by atoms with Crippen LogP contribution in [-0.2, 0) is 18.4 Å². The van der Waals surface area contributed by atoms with Gasteiger partial charge in [-0.15, -0.1) is 0 Å². The average Bonchev–Trinajstić information content (AvgIpc) is 3.38. The topological polar surface area (TPSA) is 105 Å². The molecule has 448 valence electrons. The van der Waals surface area contributed by atoms with E-state index in [2.05, 4.69) is 55.6 Å². The molecule has 0 aromatic heterocycles. The van der Waals surface area contributed by atoms with Crippen molar-refractivity contribution in [2.45, 2.75) is 334 Å². The van der Waals surface area contributed by atoms with E-state index < -0.39 is 20.0 Å². The zero-order chi connectivity index (χ0) is 55.6. The summed E-state index contributed by atoms with van der Waals surface area (Å²) >= 11 is 0. The number of carbonyl (C=O) groups excluding carboxylic acids is 1. The Morgan fingerprint density at radius 1 is 0.434 bits per heavy atom. The van der Waals surface area contributed by atoms with Gasteiger partial charge >= 0.3 is 7.82 Å². The van der Waals surface area contributed by atoms with Crippen LogP contribution >= 0.6 is 7.82 Å². The van der Waals surface area contributed by atoms with E-state index in [0.717, 1.165) is 44.9 Å². The fourth-order valence-corrected chi connectivity index (χ4v) is 10.6. The molecule has 0 aromatic rings. The Kier molecular flexibility index (Phi) is 56.9. The molecule has 0 saturated carbocycles. The number of quaternary nitrogens is 1. The van der Waals surface area contributed by atoms with Gasteiger partial charge in [-0.05, 0) is 70.6 Å². The third-order valence-corrected chi connectivity index (χ3v) is 16.0. The first kappa shape index (κ1) is 74.5. The van der Waals surface area contributed by atoms with Crippen LogP contribution in [0.25, 0.3) is 0 Å². The summed E-state index contributed by atoms with van der Waals surface area (Å²) in [5.41, 5.74) is 0. The van der Waals surface area contributed by atoms with Crippen LogP contribution in [-0.4, -0.2) is 73.4 Å². The van der Waals surface area contributed by atoms with E-state index in [4.69, 9.17) is 9.05 Å². The van der Waals surface area contributed by atoms with Crippen LogP contribution in [0, 0.1) is 0 Å². The molecular weight excluding hydrogens is 960 g/mol. The fraction of sp³-hybridized carbons (Fsp3) is 0.866. The molecule has 0 aliphatic carbocycles. The van der Waals surface area contributed by atoms with Crippen LogP contribution in [0.15, 0.2) is 48.6 Å².